The van der Waals surface area contributed by atoms with Crippen LogP contribution in [-0.4, -0.2) is 100 Å². The second-order valence-corrected chi connectivity index (χ2v) is 12.1. The van der Waals surface area contributed by atoms with Gasteiger partial charge in [0.2, 0.25) is 5.91 Å². The minimum Gasteiger partial charge on any atom is -0.444 e. The van der Waals surface area contributed by atoms with Crippen LogP contribution in [0.4, 0.5) is 9.18 Å². The predicted octanol–water partition coefficient (Wildman–Crippen LogP) is 3.21. The number of nitrogens with zero attached hydrogens (tertiary/aromatic N) is 1. The smallest absolute Gasteiger partial charge is 0.410 e. The molecule has 0 aromatic rings. The van der Waals surface area contributed by atoms with Gasteiger partial charge in [0.15, 0.2) is 0 Å². The molecule has 2 rings (SSSR count). The lowest BCUT2D eigenvalue weighted by atomic mass is 9.90. The normalized spacial score (nSPS) is 29.3. The van der Waals surface area contributed by atoms with Crippen molar-refractivity contribution in [3.63, 3.8) is 0 Å². The SMILES string of the molecule is CCC(NC(=O)C1CC=C(CCCCF)CCN1C(=O)OC(C)(C)C)C1OC(COSI)C(O)C(O)C1O. The van der Waals surface area contributed by atoms with Crippen molar-refractivity contribution >= 4 is 42.4 Å². The monoisotopic (exact) mass is 676 g/mol. The Morgan fingerprint density at radius 3 is 2.58 bits per heavy atom. The summed E-state index contributed by atoms with van der Waals surface area (Å²) in [6.07, 6.45) is -1.87. The van der Waals surface area contributed by atoms with Crippen molar-refractivity contribution in [2.75, 3.05) is 19.8 Å². The minimum absolute atomic E-state index is 0.0234. The maximum absolute atomic E-state index is 13.6. The van der Waals surface area contributed by atoms with E-state index in [1.807, 2.05) is 27.3 Å². The summed E-state index contributed by atoms with van der Waals surface area (Å²) in [6.45, 7) is 6.92. The van der Waals surface area contributed by atoms with E-state index in [-0.39, 0.29) is 26.2 Å². The predicted molar refractivity (Wildman–Crippen MR) is 150 cm³/mol. The number of aliphatic hydroxyl groups excluding tert-OH is 3. The molecule has 13 heteroatoms. The number of alkyl halides is 1. The first-order valence-corrected chi connectivity index (χ1v) is 16.4. The molecule has 2 aliphatic heterocycles. The van der Waals surface area contributed by atoms with Crippen molar-refractivity contribution in [1.82, 2.24) is 10.2 Å². The Labute approximate surface area is 240 Å². The van der Waals surface area contributed by atoms with Crippen molar-refractivity contribution < 1.29 is 43.0 Å². The molecule has 0 aromatic carbocycles. The maximum Gasteiger partial charge on any atom is 0.410 e. The zero-order chi connectivity index (χ0) is 28.5. The standard InChI is InChI=1S/C25H42FIN2O8S/c1-5-16(22-21(32)20(31)19(30)18(36-22)14-35-38-27)28-23(33)17-10-9-15(8-6-7-12-26)11-13-29(17)24(34)37-25(2,3)4/h9,16-22,30-32H,5-8,10-14H2,1-4H3,(H,28,33). The van der Waals surface area contributed by atoms with Gasteiger partial charge >= 0.3 is 6.09 Å². The molecular formula is C25H42FIN2O8S. The lowest BCUT2D eigenvalue weighted by Crippen LogP contribution is -2.65. The van der Waals surface area contributed by atoms with Crippen LogP contribution >= 0.6 is 30.4 Å². The first-order chi connectivity index (χ1) is 17.9. The number of aliphatic hydroxyl groups is 3. The summed E-state index contributed by atoms with van der Waals surface area (Å²) in [5.74, 6) is -0.448. The first-order valence-electron chi connectivity index (χ1n) is 13.1. The van der Waals surface area contributed by atoms with Crippen molar-refractivity contribution in [3.05, 3.63) is 11.6 Å². The summed E-state index contributed by atoms with van der Waals surface area (Å²) in [4.78, 5) is 28.1. The van der Waals surface area contributed by atoms with E-state index >= 15 is 0 Å². The molecule has 2 heterocycles. The fourth-order valence-corrected chi connectivity index (χ4v) is 5.25. The lowest BCUT2D eigenvalue weighted by molar-refractivity contribution is -0.233. The number of carbonyl (C=O) groups excluding carboxylic acids is 2. The highest BCUT2D eigenvalue weighted by Gasteiger charge is 2.47. The quantitative estimate of drug-likeness (QED) is 0.113. The number of unbranched alkanes of at least 4 members (excludes halogenated alkanes) is 1. The van der Waals surface area contributed by atoms with Crippen molar-refractivity contribution in [2.24, 2.45) is 0 Å². The van der Waals surface area contributed by atoms with Crippen LogP contribution in [0.2, 0.25) is 0 Å². The van der Waals surface area contributed by atoms with Gasteiger partial charge in [-0.25, -0.2) is 4.79 Å². The lowest BCUT2D eigenvalue weighted by Gasteiger charge is -2.43. The van der Waals surface area contributed by atoms with Gasteiger partial charge in [0.1, 0.15) is 42.2 Å². The van der Waals surface area contributed by atoms with Crippen LogP contribution in [0.3, 0.4) is 0 Å². The molecule has 7 unspecified atom stereocenters. The Balaban J connectivity index is 2.23. The van der Waals surface area contributed by atoms with Gasteiger partial charge in [0.25, 0.3) is 0 Å². The number of hydrogen-bond donors (Lipinski definition) is 4. The van der Waals surface area contributed by atoms with Gasteiger partial charge in [0, 0.05) is 27.8 Å². The minimum atomic E-state index is -1.49. The molecule has 4 N–H and O–H groups in total. The Kier molecular flexibility index (Phi) is 14.0. The van der Waals surface area contributed by atoms with Crippen molar-refractivity contribution in [1.29, 1.82) is 0 Å². The van der Waals surface area contributed by atoms with E-state index in [1.54, 1.807) is 27.7 Å². The fourth-order valence-electron chi connectivity index (χ4n) is 4.63. The van der Waals surface area contributed by atoms with E-state index in [1.165, 1.54) is 4.90 Å². The third-order valence-corrected chi connectivity index (χ3v) is 7.67. The van der Waals surface area contributed by atoms with Crippen molar-refractivity contribution in [2.45, 2.75) is 114 Å². The van der Waals surface area contributed by atoms with Gasteiger partial charge in [-0.1, -0.05) is 18.6 Å². The van der Waals surface area contributed by atoms with Crippen LogP contribution < -0.4 is 5.32 Å². The molecule has 0 bridgehead atoms. The van der Waals surface area contributed by atoms with E-state index in [0.717, 1.165) is 14.8 Å². The summed E-state index contributed by atoms with van der Waals surface area (Å²) in [6, 6.07) is -1.59. The molecule has 0 saturated carbocycles. The second kappa shape index (κ2) is 15.9. The summed E-state index contributed by atoms with van der Waals surface area (Å²) in [7, 11) is 1.05. The zero-order valence-corrected chi connectivity index (χ0v) is 25.5. The van der Waals surface area contributed by atoms with E-state index in [9.17, 15) is 29.3 Å². The largest absolute Gasteiger partial charge is 0.444 e. The summed E-state index contributed by atoms with van der Waals surface area (Å²) < 4.78 is 29.3. The number of nitrogens with one attached hydrogen (secondary N) is 1. The molecule has 2 aliphatic rings. The summed E-state index contributed by atoms with van der Waals surface area (Å²) in [5, 5.41) is 34.3. The van der Waals surface area contributed by atoms with Crippen LogP contribution in [0.15, 0.2) is 11.6 Å². The Hall–Kier alpha value is -0.710. The highest BCUT2D eigenvalue weighted by atomic mass is 127. The molecule has 0 aromatic heterocycles. The number of rotatable bonds is 11. The van der Waals surface area contributed by atoms with Crippen LogP contribution in [-0.2, 0) is 18.5 Å². The Bertz CT molecular complexity index is 802. The third-order valence-electron chi connectivity index (χ3n) is 6.68. The maximum atomic E-state index is 13.6. The molecule has 1 fully saturated rings. The summed E-state index contributed by atoms with van der Waals surface area (Å²) >= 11 is 1.92. The molecule has 7 atom stereocenters. The third kappa shape index (κ3) is 9.73. The molecular weight excluding hydrogens is 634 g/mol. The number of hydrogen-bond acceptors (Lipinski definition) is 9. The average molecular weight is 677 g/mol. The summed E-state index contributed by atoms with van der Waals surface area (Å²) in [5.41, 5.74) is 0.312. The first kappa shape index (κ1) is 33.5. The van der Waals surface area contributed by atoms with Crippen molar-refractivity contribution in [3.8, 4) is 0 Å². The molecule has 0 radical (unpaired) electrons. The number of amides is 2. The molecule has 1 saturated heterocycles. The topological polar surface area (TPSA) is 138 Å². The van der Waals surface area contributed by atoms with E-state index in [4.69, 9.17) is 13.7 Å². The van der Waals surface area contributed by atoms with Crippen LogP contribution in [0.25, 0.3) is 0 Å². The van der Waals surface area contributed by atoms with E-state index < -0.39 is 60.2 Å². The van der Waals surface area contributed by atoms with E-state index in [2.05, 4.69) is 5.32 Å². The second-order valence-electron chi connectivity index (χ2n) is 10.7. The number of halogens is 2. The highest BCUT2D eigenvalue weighted by molar-refractivity contribution is 14.2. The van der Waals surface area contributed by atoms with Crippen LogP contribution in [0, 0.1) is 0 Å². The Morgan fingerprint density at radius 2 is 1.97 bits per heavy atom. The molecule has 10 nitrogen and oxygen atoms in total. The van der Waals surface area contributed by atoms with E-state index in [0.29, 0.717) is 32.1 Å². The van der Waals surface area contributed by atoms with Gasteiger partial charge in [-0.15, -0.1) is 0 Å². The van der Waals surface area contributed by atoms with Crippen LogP contribution in [0.5, 0.6) is 0 Å². The Morgan fingerprint density at radius 1 is 1.26 bits per heavy atom. The molecule has 0 spiro atoms. The van der Waals surface area contributed by atoms with Gasteiger partial charge in [-0.3, -0.25) is 14.1 Å². The molecule has 38 heavy (non-hydrogen) atoms. The van der Waals surface area contributed by atoms with Gasteiger partial charge in [-0.05, 0) is 59.3 Å². The zero-order valence-electron chi connectivity index (χ0n) is 22.5. The average Bonchev–Trinajstić information content (AvgIpc) is 3.08. The van der Waals surface area contributed by atoms with Crippen LogP contribution in [0.1, 0.15) is 66.2 Å². The number of ether oxygens (including phenoxy) is 2. The van der Waals surface area contributed by atoms with Gasteiger partial charge in [-0.2, -0.15) is 0 Å². The molecule has 220 valence electrons. The van der Waals surface area contributed by atoms with Gasteiger partial charge < -0.3 is 34.3 Å². The highest BCUT2D eigenvalue weighted by Crippen LogP contribution is 2.28. The fraction of sp³-hybridized carbons (Fsp3) is 0.840. The number of carbonyl (C=O) groups is 2. The molecule has 0 aliphatic carbocycles. The van der Waals surface area contributed by atoms with Gasteiger partial charge in [0.05, 0.1) is 28.5 Å². The molecule has 2 amide bonds.